The maximum Gasteiger partial charge on any atom is 0.268 e. The van der Waals surface area contributed by atoms with Crippen molar-refractivity contribution >= 4 is 17.7 Å². The number of nitrogens with zero attached hydrogens (tertiary/aromatic N) is 1. The number of amides is 2. The van der Waals surface area contributed by atoms with Crippen molar-refractivity contribution in [1.29, 1.82) is 0 Å². The summed E-state index contributed by atoms with van der Waals surface area (Å²) in [6, 6.07) is 2.55. The van der Waals surface area contributed by atoms with Crippen molar-refractivity contribution < 1.29 is 14.4 Å². The predicted molar refractivity (Wildman–Crippen MR) is 92.7 cm³/mol. The number of nitrogens with one attached hydrogen (secondary N) is 2. The number of hydrogen-bond donors (Lipinski definition) is 3. The van der Waals surface area contributed by atoms with Crippen molar-refractivity contribution in [3.05, 3.63) is 24.0 Å². The SMILES string of the molecule is CC(=O)n1cccc1C(=O)NC(CC(C)C)C(=O)NCCCCN. The third-order valence-electron chi connectivity index (χ3n) is 3.58. The first-order valence-electron chi connectivity index (χ1n) is 8.33. The molecular weight excluding hydrogens is 308 g/mol. The number of hydrogen-bond acceptors (Lipinski definition) is 4. The molecule has 0 aliphatic heterocycles. The van der Waals surface area contributed by atoms with Crippen LogP contribution in [0.1, 0.15) is 55.3 Å². The molecule has 0 radical (unpaired) electrons. The van der Waals surface area contributed by atoms with E-state index in [1.54, 1.807) is 12.1 Å². The van der Waals surface area contributed by atoms with E-state index in [0.717, 1.165) is 12.8 Å². The molecule has 0 aliphatic rings. The van der Waals surface area contributed by atoms with Crippen molar-refractivity contribution in [2.75, 3.05) is 13.1 Å². The molecule has 4 N–H and O–H groups in total. The molecule has 0 aromatic carbocycles. The van der Waals surface area contributed by atoms with Gasteiger partial charge in [0.15, 0.2) is 0 Å². The van der Waals surface area contributed by atoms with Gasteiger partial charge in [0.2, 0.25) is 11.8 Å². The second kappa shape index (κ2) is 9.87. The fraction of sp³-hybridized carbons (Fsp3) is 0.588. The van der Waals surface area contributed by atoms with Crippen molar-refractivity contribution in [3.63, 3.8) is 0 Å². The molecule has 24 heavy (non-hydrogen) atoms. The summed E-state index contributed by atoms with van der Waals surface area (Å²) < 4.78 is 1.26. The Labute approximate surface area is 143 Å². The fourth-order valence-corrected chi connectivity index (χ4v) is 2.38. The van der Waals surface area contributed by atoms with E-state index in [1.807, 2.05) is 13.8 Å². The van der Waals surface area contributed by atoms with Gasteiger partial charge in [0.1, 0.15) is 11.7 Å². The minimum absolute atomic E-state index is 0.213. The molecule has 1 aromatic rings. The zero-order valence-corrected chi connectivity index (χ0v) is 14.7. The number of carbonyl (C=O) groups is 3. The summed E-state index contributed by atoms with van der Waals surface area (Å²) in [5.41, 5.74) is 5.66. The molecule has 7 heteroatoms. The summed E-state index contributed by atoms with van der Waals surface area (Å²) in [5.74, 6) is -0.658. The van der Waals surface area contributed by atoms with E-state index in [0.29, 0.717) is 19.5 Å². The smallest absolute Gasteiger partial charge is 0.268 e. The molecule has 0 spiro atoms. The largest absolute Gasteiger partial charge is 0.354 e. The second-order valence-corrected chi connectivity index (χ2v) is 6.22. The highest BCUT2D eigenvalue weighted by atomic mass is 16.2. The minimum atomic E-state index is -0.634. The average Bonchev–Trinajstić information content (AvgIpc) is 3.00. The van der Waals surface area contributed by atoms with Gasteiger partial charge in [-0.25, -0.2) is 0 Å². The van der Waals surface area contributed by atoms with Gasteiger partial charge in [-0.1, -0.05) is 13.8 Å². The number of unbranched alkanes of at least 4 members (excludes halogenated alkanes) is 1. The highest BCUT2D eigenvalue weighted by Gasteiger charge is 2.23. The molecule has 1 rings (SSSR count). The van der Waals surface area contributed by atoms with E-state index in [2.05, 4.69) is 10.6 Å². The topological polar surface area (TPSA) is 106 Å². The first kappa shape index (κ1) is 19.9. The third-order valence-corrected chi connectivity index (χ3v) is 3.58. The Morgan fingerprint density at radius 2 is 1.96 bits per heavy atom. The van der Waals surface area contributed by atoms with Gasteiger partial charge in [-0.05, 0) is 43.9 Å². The van der Waals surface area contributed by atoms with Crippen molar-refractivity contribution in [1.82, 2.24) is 15.2 Å². The van der Waals surface area contributed by atoms with E-state index < -0.39 is 11.9 Å². The lowest BCUT2D eigenvalue weighted by molar-refractivity contribution is -0.123. The van der Waals surface area contributed by atoms with Gasteiger partial charge >= 0.3 is 0 Å². The van der Waals surface area contributed by atoms with Crippen molar-refractivity contribution in [2.45, 2.75) is 46.1 Å². The van der Waals surface area contributed by atoms with Crippen LogP contribution in [0.5, 0.6) is 0 Å². The number of rotatable bonds is 9. The molecule has 1 unspecified atom stereocenters. The summed E-state index contributed by atoms with van der Waals surface area (Å²) >= 11 is 0. The number of nitrogens with two attached hydrogens (primary N) is 1. The zero-order valence-electron chi connectivity index (χ0n) is 14.7. The maximum absolute atomic E-state index is 12.4. The molecule has 0 bridgehead atoms. The van der Waals surface area contributed by atoms with Crippen LogP contribution >= 0.6 is 0 Å². The monoisotopic (exact) mass is 336 g/mol. The summed E-state index contributed by atoms with van der Waals surface area (Å²) in [4.78, 5) is 36.3. The highest BCUT2D eigenvalue weighted by molar-refractivity contribution is 5.99. The molecular formula is C17H28N4O3. The standard InChI is InChI=1S/C17H28N4O3/c1-12(2)11-14(16(23)19-9-5-4-8-18)20-17(24)15-7-6-10-21(15)13(3)22/h6-7,10,12,14H,4-5,8-9,11,18H2,1-3H3,(H,19,23)(H,20,24). The quantitative estimate of drug-likeness (QED) is 0.588. The Morgan fingerprint density at radius 1 is 1.25 bits per heavy atom. The number of aromatic nitrogens is 1. The van der Waals surface area contributed by atoms with E-state index in [9.17, 15) is 14.4 Å². The van der Waals surface area contributed by atoms with Crippen LogP contribution in [0.3, 0.4) is 0 Å². The van der Waals surface area contributed by atoms with Crippen LogP contribution < -0.4 is 16.4 Å². The lowest BCUT2D eigenvalue weighted by atomic mass is 10.0. The van der Waals surface area contributed by atoms with E-state index in [-0.39, 0.29) is 23.4 Å². The summed E-state index contributed by atoms with van der Waals surface area (Å²) in [7, 11) is 0. The van der Waals surface area contributed by atoms with E-state index in [1.165, 1.54) is 17.7 Å². The molecule has 2 amide bonds. The Bertz CT molecular complexity index is 566. The van der Waals surface area contributed by atoms with Crippen LogP contribution in [0.25, 0.3) is 0 Å². The second-order valence-electron chi connectivity index (χ2n) is 6.22. The van der Waals surface area contributed by atoms with Crippen molar-refractivity contribution in [2.24, 2.45) is 11.7 Å². The van der Waals surface area contributed by atoms with Gasteiger partial charge in [0.05, 0.1) is 0 Å². The molecule has 0 fully saturated rings. The molecule has 0 aliphatic carbocycles. The van der Waals surface area contributed by atoms with Crippen LogP contribution in [0.2, 0.25) is 0 Å². The summed E-state index contributed by atoms with van der Waals surface area (Å²) in [6.45, 7) is 6.47. The predicted octanol–water partition coefficient (Wildman–Crippen LogP) is 1.15. The lowest BCUT2D eigenvalue weighted by Gasteiger charge is -2.20. The molecule has 0 saturated carbocycles. The molecule has 1 heterocycles. The Kier molecular flexibility index (Phi) is 8.18. The first-order chi connectivity index (χ1) is 11.4. The molecule has 7 nitrogen and oxygen atoms in total. The average molecular weight is 336 g/mol. The Hall–Kier alpha value is -2.15. The summed E-state index contributed by atoms with van der Waals surface area (Å²) in [6.07, 6.45) is 3.70. The summed E-state index contributed by atoms with van der Waals surface area (Å²) in [5, 5.41) is 5.57. The molecule has 1 atom stereocenters. The Balaban J connectivity index is 2.74. The van der Waals surface area contributed by atoms with Gasteiger partial charge in [-0.3, -0.25) is 19.0 Å². The molecule has 134 valence electrons. The third kappa shape index (κ3) is 6.16. The maximum atomic E-state index is 12.4. The van der Waals surface area contributed by atoms with E-state index in [4.69, 9.17) is 5.73 Å². The van der Waals surface area contributed by atoms with Crippen molar-refractivity contribution in [3.8, 4) is 0 Å². The Morgan fingerprint density at radius 3 is 2.54 bits per heavy atom. The zero-order chi connectivity index (χ0) is 18.1. The van der Waals surface area contributed by atoms with Crippen LogP contribution in [0, 0.1) is 5.92 Å². The van der Waals surface area contributed by atoms with Gasteiger partial charge < -0.3 is 16.4 Å². The van der Waals surface area contributed by atoms with Crippen LogP contribution in [0.4, 0.5) is 0 Å². The van der Waals surface area contributed by atoms with E-state index >= 15 is 0 Å². The first-order valence-corrected chi connectivity index (χ1v) is 8.33. The lowest BCUT2D eigenvalue weighted by Crippen LogP contribution is -2.48. The van der Waals surface area contributed by atoms with Crippen LogP contribution in [-0.2, 0) is 4.79 Å². The van der Waals surface area contributed by atoms with Crippen LogP contribution in [-0.4, -0.2) is 41.4 Å². The normalized spacial score (nSPS) is 12.0. The van der Waals surface area contributed by atoms with Crippen LogP contribution in [0.15, 0.2) is 18.3 Å². The fourth-order valence-electron chi connectivity index (χ4n) is 2.38. The molecule has 0 saturated heterocycles. The number of carbonyl (C=O) groups excluding carboxylic acids is 3. The van der Waals surface area contributed by atoms with Gasteiger partial charge in [0, 0.05) is 19.7 Å². The minimum Gasteiger partial charge on any atom is -0.354 e. The molecule has 1 aromatic heterocycles. The van der Waals surface area contributed by atoms with Gasteiger partial charge in [0.25, 0.3) is 5.91 Å². The van der Waals surface area contributed by atoms with Gasteiger partial charge in [-0.15, -0.1) is 0 Å². The van der Waals surface area contributed by atoms with Gasteiger partial charge in [-0.2, -0.15) is 0 Å². The highest BCUT2D eigenvalue weighted by Crippen LogP contribution is 2.08.